The highest BCUT2D eigenvalue weighted by molar-refractivity contribution is 7.88. The van der Waals surface area contributed by atoms with Crippen molar-refractivity contribution < 1.29 is 27.2 Å². The van der Waals surface area contributed by atoms with Gasteiger partial charge in [0.2, 0.25) is 19.4 Å². The molecule has 0 heterocycles. The van der Waals surface area contributed by atoms with Gasteiger partial charge in [-0.1, -0.05) is 139 Å². The summed E-state index contributed by atoms with van der Waals surface area (Å²) in [6.45, 7) is 40.7. The molecule has 4 nitrogen and oxygen atoms in total. The number of carbonyl (C=O) groups excluding carboxylic acids is 2. The van der Waals surface area contributed by atoms with Gasteiger partial charge in [-0.3, -0.25) is 4.79 Å². The Morgan fingerprint density at radius 3 is 1.07 bits per heavy atom. The van der Waals surface area contributed by atoms with E-state index >= 15 is 8.78 Å². The lowest BCUT2D eigenvalue weighted by atomic mass is 9.80. The van der Waals surface area contributed by atoms with Gasteiger partial charge in [-0.15, -0.1) is 0 Å². The average molecular weight is 732 g/mol. The number of rotatable bonds is 13. The van der Waals surface area contributed by atoms with Crippen LogP contribution in [0.2, 0.25) is 118 Å². The summed E-state index contributed by atoms with van der Waals surface area (Å²) in [7, 11) is -12.4. The maximum absolute atomic E-state index is 17.3. The fraction of sp³-hybridized carbons (Fsp3) is 0.929. The molecule has 42 heavy (non-hydrogen) atoms. The zero-order valence-electron chi connectivity index (χ0n) is 31.4. The molecule has 0 bridgehead atoms. The van der Waals surface area contributed by atoms with Crippen LogP contribution in [0.15, 0.2) is 0 Å². The Labute approximate surface area is 265 Å². The Kier molecular flexibility index (Phi) is 12.8. The Morgan fingerprint density at radius 2 is 0.833 bits per heavy atom. The van der Waals surface area contributed by atoms with Crippen molar-refractivity contribution in [3.8, 4) is 0 Å². The van der Waals surface area contributed by atoms with E-state index in [1.807, 2.05) is 20.8 Å². The molecular weight excluding hydrogens is 663 g/mol. The highest BCUT2D eigenvalue weighted by Gasteiger charge is 2.68. The average Bonchev–Trinajstić information content (AvgIpc) is 2.61. The molecule has 0 aliphatic rings. The highest BCUT2D eigenvalue weighted by atomic mass is 29.9. The largest absolute Gasteiger partial charge is 0.526 e. The maximum Gasteiger partial charge on any atom is 0.330 e. The Hall–Kier alpha value is 0.535. The normalized spacial score (nSPS) is 17.4. The van der Waals surface area contributed by atoms with E-state index in [1.54, 1.807) is 0 Å². The first-order chi connectivity index (χ1) is 17.8. The van der Waals surface area contributed by atoms with Crippen LogP contribution >= 0.6 is 0 Å². The Morgan fingerprint density at radius 1 is 0.571 bits per heavy atom. The lowest BCUT2D eigenvalue weighted by Gasteiger charge is -2.56. The molecule has 0 amide bonds. The van der Waals surface area contributed by atoms with Gasteiger partial charge in [0.05, 0.1) is 45.5 Å². The van der Waals surface area contributed by atoms with Gasteiger partial charge in [-0.2, -0.15) is 0 Å². The first kappa shape index (κ1) is 42.5. The first-order valence-corrected chi connectivity index (χ1v) is 46.5. The van der Waals surface area contributed by atoms with Gasteiger partial charge in [0.1, 0.15) is 0 Å². The van der Waals surface area contributed by atoms with E-state index in [4.69, 9.17) is 8.85 Å². The molecule has 0 aliphatic heterocycles. The molecule has 2 atom stereocenters. The molecule has 0 rings (SSSR count). The number of halogens is 2. The lowest BCUT2D eigenvalue weighted by molar-refractivity contribution is -0.154. The summed E-state index contributed by atoms with van der Waals surface area (Å²) in [5, 5.41) is 0. The van der Waals surface area contributed by atoms with Gasteiger partial charge in [-0.25, -0.2) is 13.6 Å². The van der Waals surface area contributed by atoms with E-state index in [-0.39, 0.29) is 6.42 Å². The molecule has 0 aliphatic carbocycles. The predicted octanol–water partition coefficient (Wildman–Crippen LogP) is 9.34. The fourth-order valence-corrected chi connectivity index (χ4v) is 195. The Balaban J connectivity index is 6.99. The summed E-state index contributed by atoms with van der Waals surface area (Å²) < 4.78 is 46.8. The number of alkyl halides is 2. The van der Waals surface area contributed by atoms with Crippen LogP contribution in [-0.4, -0.2) is 83.1 Å². The van der Waals surface area contributed by atoms with Crippen LogP contribution in [0.1, 0.15) is 33.6 Å². The molecule has 2 unspecified atom stereocenters. The molecule has 0 saturated carbocycles. The smallest absolute Gasteiger partial charge is 0.330 e. The van der Waals surface area contributed by atoms with Gasteiger partial charge in [0.15, 0.2) is 6.17 Å². The molecular formula is C28H68F2O4Si8. The quantitative estimate of drug-likeness (QED) is 0.177. The summed E-state index contributed by atoms with van der Waals surface area (Å²) in [6.07, 6.45) is -3.27. The van der Waals surface area contributed by atoms with Crippen LogP contribution in [0.3, 0.4) is 0 Å². The molecule has 14 heteroatoms. The van der Waals surface area contributed by atoms with Crippen LogP contribution in [0.4, 0.5) is 8.78 Å². The van der Waals surface area contributed by atoms with Crippen LogP contribution in [0, 0.1) is 5.41 Å². The van der Waals surface area contributed by atoms with Crippen molar-refractivity contribution in [1.82, 2.24) is 0 Å². The Bertz CT molecular complexity index is 903. The van der Waals surface area contributed by atoms with Crippen molar-refractivity contribution >= 4 is 71.2 Å². The number of hydrogen-bond donors (Lipinski definition) is 0. The molecule has 0 N–H and O–H groups in total. The summed E-state index contributed by atoms with van der Waals surface area (Å²) in [6, 6.07) is 0. The topological polar surface area (TPSA) is 52.6 Å². The highest BCUT2D eigenvalue weighted by Crippen LogP contribution is 2.43. The summed E-state index contributed by atoms with van der Waals surface area (Å²) in [5.41, 5.74) is -3.23. The third-order valence-corrected chi connectivity index (χ3v) is 143. The minimum atomic E-state index is -2.73. The standard InChI is InChI=1S/C28H68F2O4Si8/c1-27(2,3)23-28(30,26(32)34-42(38(13,14)15,39(16,17)18)40(19,20)21)22-24(29)25(31)33-41(35(4,5)6,36(7,8)9)37(10,11)12/h24H,22-23H2,1-21H3. The van der Waals surface area contributed by atoms with E-state index in [1.165, 1.54) is 0 Å². The van der Waals surface area contributed by atoms with Crippen molar-refractivity contribution in [3.63, 3.8) is 0 Å². The maximum atomic E-state index is 17.3. The van der Waals surface area contributed by atoms with Gasteiger partial charge in [-0.05, 0) is 11.8 Å². The zero-order valence-corrected chi connectivity index (χ0v) is 39.4. The monoisotopic (exact) mass is 730 g/mol. The number of hydrogen-bond acceptors (Lipinski definition) is 4. The fourth-order valence-electron chi connectivity index (χ4n) is 9.55. The third kappa shape index (κ3) is 8.66. The second-order valence-electron chi connectivity index (χ2n) is 20.0. The molecule has 0 radical (unpaired) electrons. The van der Waals surface area contributed by atoms with Crippen LogP contribution < -0.4 is 0 Å². The van der Waals surface area contributed by atoms with Crippen LogP contribution in [0.25, 0.3) is 0 Å². The van der Waals surface area contributed by atoms with Crippen molar-refractivity contribution in [2.75, 3.05) is 0 Å². The van der Waals surface area contributed by atoms with E-state index in [2.05, 4.69) is 118 Å². The molecule has 0 aromatic rings. The van der Waals surface area contributed by atoms with E-state index in [9.17, 15) is 9.59 Å². The predicted molar refractivity (Wildman–Crippen MR) is 201 cm³/mol. The SMILES string of the molecule is CC(C)(C)CC(F)(CC(F)C(=O)O[Si]([Si](C)(C)C)([Si](C)(C)C)[Si](C)(C)C)C(=O)O[Si]([Si](C)(C)C)([Si](C)(C)C)[Si](C)(C)C. The van der Waals surface area contributed by atoms with Crippen LogP contribution in [0.5, 0.6) is 0 Å². The van der Waals surface area contributed by atoms with E-state index in [0.717, 1.165) is 0 Å². The van der Waals surface area contributed by atoms with Gasteiger partial charge >= 0.3 is 11.9 Å². The molecule has 0 aromatic carbocycles. The molecule has 250 valence electrons. The molecule has 0 fully saturated rings. The second kappa shape index (κ2) is 12.6. The minimum Gasteiger partial charge on any atom is -0.526 e. The van der Waals surface area contributed by atoms with Crippen molar-refractivity contribution in [1.29, 1.82) is 0 Å². The first-order valence-electron chi connectivity index (χ1n) is 15.6. The van der Waals surface area contributed by atoms with Gasteiger partial charge in [0, 0.05) is 6.42 Å². The van der Waals surface area contributed by atoms with Crippen molar-refractivity contribution in [2.45, 2.75) is 163 Å². The minimum absolute atomic E-state index is 0.210. The third-order valence-electron chi connectivity index (χ3n) is 8.77. The molecule has 0 aromatic heterocycles. The van der Waals surface area contributed by atoms with Gasteiger partial charge < -0.3 is 8.85 Å². The summed E-state index contributed by atoms with van der Waals surface area (Å²) >= 11 is 0. The lowest BCUT2D eigenvalue weighted by Crippen LogP contribution is -2.85. The summed E-state index contributed by atoms with van der Waals surface area (Å²) in [4.78, 5) is 28.0. The van der Waals surface area contributed by atoms with E-state index in [0.29, 0.717) is 0 Å². The van der Waals surface area contributed by atoms with Gasteiger partial charge in [0.25, 0.3) is 0 Å². The molecule has 0 saturated heterocycles. The van der Waals surface area contributed by atoms with Crippen molar-refractivity contribution in [2.24, 2.45) is 5.41 Å². The number of carbonyl (C=O) groups is 2. The molecule has 0 spiro atoms. The summed E-state index contributed by atoms with van der Waals surface area (Å²) in [5.74, 6) is -1.89. The van der Waals surface area contributed by atoms with Crippen molar-refractivity contribution in [3.05, 3.63) is 0 Å². The van der Waals surface area contributed by atoms with E-state index < -0.39 is 94.9 Å². The second-order valence-corrected chi connectivity index (χ2v) is 98.9. The zero-order chi connectivity index (χ0) is 34.6. The van der Waals surface area contributed by atoms with Crippen LogP contribution in [-0.2, 0) is 18.4 Å².